The molecule has 0 aromatic carbocycles. The molecule has 0 atom stereocenters. The highest BCUT2D eigenvalue weighted by Crippen LogP contribution is 2.07. The number of rotatable bonds is 16. The molecule has 0 aliphatic heterocycles. The summed E-state index contributed by atoms with van der Waals surface area (Å²) in [4.78, 5) is 14.2. The van der Waals surface area contributed by atoms with Crippen LogP contribution in [-0.2, 0) is 9.53 Å². The first-order valence-corrected chi connectivity index (χ1v) is 10.4. The summed E-state index contributed by atoms with van der Waals surface area (Å²) in [6.45, 7) is 8.90. The van der Waals surface area contributed by atoms with Gasteiger partial charge in [0.2, 0.25) is 0 Å². The van der Waals surface area contributed by atoms with Crippen LogP contribution in [0.4, 0.5) is 0 Å². The van der Waals surface area contributed by atoms with Crippen molar-refractivity contribution < 1.29 is 9.53 Å². The first-order chi connectivity index (χ1) is 12.7. The Balaban J connectivity index is 4.59. The highest BCUT2D eigenvalue weighted by Gasteiger charge is 2.08. The summed E-state index contributed by atoms with van der Waals surface area (Å²) in [5, 5.41) is 9.15. The molecule has 0 N–H and O–H groups in total. The first kappa shape index (κ1) is 24.2. The smallest absolute Gasteiger partial charge is 0.348 e. The van der Waals surface area contributed by atoms with Gasteiger partial charge in [-0.3, -0.25) is 0 Å². The Kier molecular flexibility index (Phi) is 16.8. The van der Waals surface area contributed by atoms with Crippen LogP contribution in [-0.4, -0.2) is 30.6 Å². The third-order valence-electron chi connectivity index (χ3n) is 4.23. The molecule has 26 heavy (non-hydrogen) atoms. The number of nitrogens with zero attached hydrogens (tertiary/aromatic N) is 2. The molecule has 0 heterocycles. The van der Waals surface area contributed by atoms with E-state index in [1.54, 1.807) is 12.2 Å². The first-order valence-electron chi connectivity index (χ1n) is 10.4. The van der Waals surface area contributed by atoms with E-state index in [0.717, 1.165) is 25.9 Å². The maximum atomic E-state index is 11.9. The van der Waals surface area contributed by atoms with Crippen molar-refractivity contribution in [3.8, 4) is 6.07 Å². The molecule has 0 aliphatic carbocycles. The SMILES string of the molecule is CCCCCCN(/C=C/C=C(/C#N)C(=O)OCCCC)CCCCCC. The monoisotopic (exact) mass is 362 g/mol. The highest BCUT2D eigenvalue weighted by molar-refractivity contribution is 5.93. The number of hydrogen-bond donors (Lipinski definition) is 0. The number of ether oxygens (including phenoxy) is 1. The van der Waals surface area contributed by atoms with Crippen molar-refractivity contribution in [1.29, 1.82) is 5.26 Å². The van der Waals surface area contributed by atoms with E-state index in [2.05, 4.69) is 18.7 Å². The zero-order valence-electron chi connectivity index (χ0n) is 17.1. The zero-order valence-corrected chi connectivity index (χ0v) is 17.1. The molecule has 0 radical (unpaired) electrons. The number of carbonyl (C=O) groups is 1. The average molecular weight is 363 g/mol. The maximum Gasteiger partial charge on any atom is 0.348 e. The predicted molar refractivity (Wildman–Crippen MR) is 109 cm³/mol. The fourth-order valence-electron chi connectivity index (χ4n) is 2.54. The molecule has 4 nitrogen and oxygen atoms in total. The van der Waals surface area contributed by atoms with Crippen molar-refractivity contribution in [3.63, 3.8) is 0 Å². The van der Waals surface area contributed by atoms with E-state index in [0.29, 0.717) is 6.61 Å². The van der Waals surface area contributed by atoms with Gasteiger partial charge in [-0.25, -0.2) is 4.79 Å². The van der Waals surface area contributed by atoms with Gasteiger partial charge in [0, 0.05) is 13.1 Å². The predicted octanol–water partition coefficient (Wildman–Crippen LogP) is 5.76. The Morgan fingerprint density at radius 3 is 2.00 bits per heavy atom. The van der Waals surface area contributed by atoms with Crippen LogP contribution < -0.4 is 0 Å². The lowest BCUT2D eigenvalue weighted by atomic mass is 10.1. The van der Waals surface area contributed by atoms with E-state index in [1.807, 2.05) is 19.2 Å². The van der Waals surface area contributed by atoms with Crippen LogP contribution in [0.3, 0.4) is 0 Å². The molecule has 0 aliphatic rings. The summed E-state index contributed by atoms with van der Waals surface area (Å²) < 4.78 is 5.10. The van der Waals surface area contributed by atoms with Crippen LogP contribution in [0.15, 0.2) is 23.9 Å². The average Bonchev–Trinajstić information content (AvgIpc) is 2.65. The zero-order chi connectivity index (χ0) is 19.5. The molecule has 0 spiro atoms. The standard InChI is InChI=1S/C22H38N2O2/c1-4-7-10-12-16-24(17-13-11-8-5-2)18-14-15-21(20-23)22(25)26-19-9-6-3/h14-15,18H,4-13,16-17,19H2,1-3H3/b18-14+,21-15-. The molecule has 148 valence electrons. The highest BCUT2D eigenvalue weighted by atomic mass is 16.5. The summed E-state index contributed by atoms with van der Waals surface area (Å²) in [5.74, 6) is -0.525. The minimum absolute atomic E-state index is 0.0641. The summed E-state index contributed by atoms with van der Waals surface area (Å²) in [7, 11) is 0. The van der Waals surface area contributed by atoms with Crippen molar-refractivity contribution in [2.24, 2.45) is 0 Å². The van der Waals surface area contributed by atoms with Gasteiger partial charge in [0.15, 0.2) is 0 Å². The second-order valence-corrected chi connectivity index (χ2v) is 6.68. The largest absolute Gasteiger partial charge is 0.462 e. The summed E-state index contributed by atoms with van der Waals surface area (Å²) in [6.07, 6.45) is 17.0. The van der Waals surface area contributed by atoms with Gasteiger partial charge >= 0.3 is 5.97 Å². The van der Waals surface area contributed by atoms with Gasteiger partial charge in [-0.15, -0.1) is 0 Å². The van der Waals surface area contributed by atoms with Crippen LogP contribution in [0.1, 0.15) is 85.0 Å². The lowest BCUT2D eigenvalue weighted by Gasteiger charge is -2.20. The molecule has 0 saturated carbocycles. The van der Waals surface area contributed by atoms with Gasteiger partial charge in [0.05, 0.1) is 6.61 Å². The second-order valence-electron chi connectivity index (χ2n) is 6.68. The third kappa shape index (κ3) is 13.5. The molecule has 0 bridgehead atoms. The van der Waals surface area contributed by atoms with Crippen LogP contribution in [0, 0.1) is 11.3 Å². The normalized spacial score (nSPS) is 11.5. The fourth-order valence-corrected chi connectivity index (χ4v) is 2.54. The van der Waals surface area contributed by atoms with Crippen molar-refractivity contribution in [1.82, 2.24) is 4.90 Å². The van der Waals surface area contributed by atoms with Crippen molar-refractivity contribution in [2.75, 3.05) is 19.7 Å². The molecular weight excluding hydrogens is 324 g/mol. The van der Waals surface area contributed by atoms with E-state index in [4.69, 9.17) is 10.00 Å². The van der Waals surface area contributed by atoms with E-state index >= 15 is 0 Å². The quantitative estimate of drug-likeness (QED) is 0.115. The molecule has 0 aromatic rings. The molecule has 4 heteroatoms. The number of nitriles is 1. The van der Waals surface area contributed by atoms with Gasteiger partial charge < -0.3 is 9.64 Å². The molecular formula is C22H38N2O2. The van der Waals surface area contributed by atoms with E-state index in [-0.39, 0.29) is 5.57 Å². The van der Waals surface area contributed by atoms with Crippen molar-refractivity contribution in [3.05, 3.63) is 23.9 Å². The van der Waals surface area contributed by atoms with Gasteiger partial charge in [-0.2, -0.15) is 5.26 Å². The maximum absolute atomic E-state index is 11.9. The van der Waals surface area contributed by atoms with E-state index in [1.165, 1.54) is 51.4 Å². The minimum Gasteiger partial charge on any atom is -0.462 e. The number of unbranched alkanes of at least 4 members (excludes halogenated alkanes) is 7. The summed E-state index contributed by atoms with van der Waals surface area (Å²) in [6, 6.07) is 1.94. The number of allylic oxidation sites excluding steroid dienone is 2. The molecule has 0 rings (SSSR count). The Morgan fingerprint density at radius 1 is 0.923 bits per heavy atom. The molecule has 0 fully saturated rings. The fraction of sp³-hybridized carbons (Fsp3) is 0.727. The van der Waals surface area contributed by atoms with Gasteiger partial charge in [-0.1, -0.05) is 65.7 Å². The van der Waals surface area contributed by atoms with E-state index < -0.39 is 5.97 Å². The molecule has 0 amide bonds. The summed E-state index contributed by atoms with van der Waals surface area (Å²) in [5.41, 5.74) is 0.0641. The molecule has 0 unspecified atom stereocenters. The Labute approximate surface area is 160 Å². The molecule has 0 saturated heterocycles. The van der Waals surface area contributed by atoms with E-state index in [9.17, 15) is 4.79 Å². The Bertz CT molecular complexity index is 438. The minimum atomic E-state index is -0.525. The van der Waals surface area contributed by atoms with Gasteiger partial charge in [-0.05, 0) is 37.6 Å². The van der Waals surface area contributed by atoms with Crippen LogP contribution in [0.2, 0.25) is 0 Å². The summed E-state index contributed by atoms with van der Waals surface area (Å²) >= 11 is 0. The van der Waals surface area contributed by atoms with Crippen molar-refractivity contribution >= 4 is 5.97 Å². The van der Waals surface area contributed by atoms with Crippen molar-refractivity contribution in [2.45, 2.75) is 85.0 Å². The number of carbonyl (C=O) groups excluding carboxylic acids is 1. The van der Waals surface area contributed by atoms with Gasteiger partial charge in [0.25, 0.3) is 0 Å². The molecule has 0 aromatic heterocycles. The number of esters is 1. The Morgan fingerprint density at radius 2 is 1.50 bits per heavy atom. The topological polar surface area (TPSA) is 53.3 Å². The van der Waals surface area contributed by atoms with Crippen LogP contribution in [0.5, 0.6) is 0 Å². The second kappa shape index (κ2) is 18.0. The van der Waals surface area contributed by atoms with Crippen LogP contribution >= 0.6 is 0 Å². The lowest BCUT2D eigenvalue weighted by molar-refractivity contribution is -0.138. The Hall–Kier alpha value is -1.76. The third-order valence-corrected chi connectivity index (χ3v) is 4.23. The van der Waals surface area contributed by atoms with Crippen LogP contribution in [0.25, 0.3) is 0 Å². The number of hydrogen-bond acceptors (Lipinski definition) is 4. The lowest BCUT2D eigenvalue weighted by Crippen LogP contribution is -2.20. The van der Waals surface area contributed by atoms with Gasteiger partial charge in [0.1, 0.15) is 11.6 Å².